The zero-order chi connectivity index (χ0) is 18.4. The van der Waals surface area contributed by atoms with Crippen molar-refractivity contribution in [3.8, 4) is 5.88 Å². The van der Waals surface area contributed by atoms with E-state index >= 15 is 0 Å². The quantitative estimate of drug-likeness (QED) is 0.465. The Kier molecular flexibility index (Phi) is 5.52. The second-order valence-electron chi connectivity index (χ2n) is 5.87. The van der Waals surface area contributed by atoms with Gasteiger partial charge in [0.1, 0.15) is 6.10 Å². The van der Waals surface area contributed by atoms with Gasteiger partial charge in [0.25, 0.3) is 5.69 Å². The average molecular weight is 354 g/mol. The van der Waals surface area contributed by atoms with Crippen LogP contribution in [0.1, 0.15) is 18.4 Å². The van der Waals surface area contributed by atoms with E-state index in [0.29, 0.717) is 19.0 Å². The summed E-state index contributed by atoms with van der Waals surface area (Å²) in [7, 11) is 0. The number of benzene rings is 1. The number of likely N-dealkylation sites (tertiary alicyclic amines) is 1. The Morgan fingerprint density at radius 1 is 1.23 bits per heavy atom. The molecule has 1 aliphatic heterocycles. The highest BCUT2D eigenvalue weighted by Crippen LogP contribution is 2.17. The first kappa shape index (κ1) is 17.5. The van der Waals surface area contributed by atoms with Gasteiger partial charge in [-0.15, -0.1) is 0 Å². The smallest absolute Gasteiger partial charge is 0.269 e. The Hall–Kier alpha value is -3.29. The molecule has 1 aromatic carbocycles. The van der Waals surface area contributed by atoms with Crippen LogP contribution in [-0.4, -0.2) is 44.9 Å². The zero-order valence-corrected chi connectivity index (χ0v) is 14.0. The number of amides is 1. The predicted molar refractivity (Wildman–Crippen MR) is 94.4 cm³/mol. The first-order valence-electron chi connectivity index (χ1n) is 8.26. The van der Waals surface area contributed by atoms with Gasteiger partial charge in [-0.3, -0.25) is 19.9 Å². The van der Waals surface area contributed by atoms with E-state index in [9.17, 15) is 14.9 Å². The lowest BCUT2D eigenvalue weighted by Crippen LogP contribution is -2.41. The van der Waals surface area contributed by atoms with Crippen molar-refractivity contribution >= 4 is 17.7 Å². The van der Waals surface area contributed by atoms with Crippen molar-refractivity contribution in [3.05, 3.63) is 64.6 Å². The predicted octanol–water partition coefficient (Wildman–Crippen LogP) is 2.47. The summed E-state index contributed by atoms with van der Waals surface area (Å²) in [5.41, 5.74) is 0.767. The van der Waals surface area contributed by atoms with E-state index in [0.717, 1.165) is 18.4 Å². The summed E-state index contributed by atoms with van der Waals surface area (Å²) in [4.78, 5) is 32.3. The lowest BCUT2D eigenvalue weighted by atomic mass is 10.1. The number of rotatable bonds is 5. The molecule has 8 nitrogen and oxygen atoms in total. The highest BCUT2D eigenvalue weighted by Gasteiger charge is 2.23. The van der Waals surface area contributed by atoms with Crippen LogP contribution in [0, 0.1) is 10.1 Å². The van der Waals surface area contributed by atoms with Crippen LogP contribution in [0.4, 0.5) is 5.69 Å². The molecule has 1 aromatic heterocycles. The van der Waals surface area contributed by atoms with Crippen LogP contribution in [0.25, 0.3) is 6.08 Å². The zero-order valence-electron chi connectivity index (χ0n) is 14.0. The third kappa shape index (κ3) is 4.62. The van der Waals surface area contributed by atoms with Crippen molar-refractivity contribution in [2.75, 3.05) is 13.1 Å². The van der Waals surface area contributed by atoms with Gasteiger partial charge in [0, 0.05) is 56.5 Å². The van der Waals surface area contributed by atoms with E-state index in [-0.39, 0.29) is 17.7 Å². The van der Waals surface area contributed by atoms with Gasteiger partial charge >= 0.3 is 0 Å². The van der Waals surface area contributed by atoms with E-state index in [1.807, 2.05) is 0 Å². The highest BCUT2D eigenvalue weighted by molar-refractivity contribution is 5.91. The van der Waals surface area contributed by atoms with Crippen LogP contribution in [-0.2, 0) is 4.79 Å². The molecule has 134 valence electrons. The molecule has 2 heterocycles. The second-order valence-corrected chi connectivity index (χ2v) is 5.87. The van der Waals surface area contributed by atoms with Gasteiger partial charge in [0.2, 0.25) is 11.8 Å². The molecule has 0 bridgehead atoms. The standard InChI is InChI=1S/C18H18N4O4/c23-18(6-3-14-1-4-15(5-2-14)22(24)25)21-11-7-16(8-12-21)26-17-13-19-9-10-20-17/h1-6,9-10,13,16H,7-8,11-12H2/b6-3+. The van der Waals surface area contributed by atoms with E-state index in [4.69, 9.17) is 4.74 Å². The fraction of sp³-hybridized carbons (Fsp3) is 0.278. The SMILES string of the molecule is O=C(/C=C/c1ccc([N+](=O)[O-])cc1)N1CCC(Oc2cnccn2)CC1. The van der Waals surface area contributed by atoms with Crippen LogP contribution >= 0.6 is 0 Å². The minimum absolute atomic E-state index is 0.0226. The highest BCUT2D eigenvalue weighted by atomic mass is 16.6. The molecule has 1 aliphatic rings. The van der Waals surface area contributed by atoms with Crippen molar-refractivity contribution < 1.29 is 14.5 Å². The Morgan fingerprint density at radius 3 is 2.58 bits per heavy atom. The summed E-state index contributed by atoms with van der Waals surface area (Å²) >= 11 is 0. The average Bonchev–Trinajstić information content (AvgIpc) is 2.68. The van der Waals surface area contributed by atoms with Gasteiger partial charge in [-0.05, 0) is 23.8 Å². The third-order valence-electron chi connectivity index (χ3n) is 4.10. The van der Waals surface area contributed by atoms with Crippen molar-refractivity contribution in [2.24, 2.45) is 0 Å². The molecule has 1 saturated heterocycles. The van der Waals surface area contributed by atoms with Gasteiger partial charge in [-0.25, -0.2) is 4.98 Å². The molecule has 8 heteroatoms. The minimum atomic E-state index is -0.452. The molecule has 0 aliphatic carbocycles. The summed E-state index contributed by atoms with van der Waals surface area (Å²) in [5.74, 6) is 0.414. The molecule has 0 N–H and O–H groups in total. The number of non-ortho nitro benzene ring substituents is 1. The van der Waals surface area contributed by atoms with E-state index in [1.165, 1.54) is 18.2 Å². The summed E-state index contributed by atoms with van der Waals surface area (Å²) in [6, 6.07) is 6.06. The first-order valence-corrected chi connectivity index (χ1v) is 8.26. The number of nitrogens with zero attached hydrogens (tertiary/aromatic N) is 4. The van der Waals surface area contributed by atoms with E-state index < -0.39 is 4.92 Å². The molecule has 3 rings (SSSR count). The minimum Gasteiger partial charge on any atom is -0.473 e. The van der Waals surface area contributed by atoms with Gasteiger partial charge in [0.05, 0.1) is 11.1 Å². The van der Waals surface area contributed by atoms with Crippen LogP contribution in [0.15, 0.2) is 48.9 Å². The normalized spacial score (nSPS) is 15.2. The number of carbonyl (C=O) groups excluding carboxylic acids is 1. The monoisotopic (exact) mass is 354 g/mol. The van der Waals surface area contributed by atoms with Crippen LogP contribution < -0.4 is 4.74 Å². The Labute approximate surface area is 150 Å². The van der Waals surface area contributed by atoms with Gasteiger partial charge < -0.3 is 9.64 Å². The molecule has 0 spiro atoms. The summed E-state index contributed by atoms with van der Waals surface area (Å²) in [6.45, 7) is 1.21. The lowest BCUT2D eigenvalue weighted by molar-refractivity contribution is -0.384. The van der Waals surface area contributed by atoms with Crippen molar-refractivity contribution in [3.63, 3.8) is 0 Å². The lowest BCUT2D eigenvalue weighted by Gasteiger charge is -2.31. The maximum atomic E-state index is 12.3. The molecule has 26 heavy (non-hydrogen) atoms. The molecule has 1 fully saturated rings. The van der Waals surface area contributed by atoms with Gasteiger partial charge in [-0.1, -0.05) is 0 Å². The molecular weight excluding hydrogens is 336 g/mol. The molecule has 0 radical (unpaired) electrons. The van der Waals surface area contributed by atoms with Crippen molar-refractivity contribution in [1.82, 2.24) is 14.9 Å². The maximum absolute atomic E-state index is 12.3. The molecule has 1 amide bonds. The largest absolute Gasteiger partial charge is 0.473 e. The topological polar surface area (TPSA) is 98.5 Å². The van der Waals surface area contributed by atoms with Gasteiger partial charge in [-0.2, -0.15) is 0 Å². The number of carbonyl (C=O) groups is 1. The number of hydrogen-bond donors (Lipinski definition) is 0. The Balaban J connectivity index is 1.49. The molecule has 2 aromatic rings. The summed E-state index contributed by atoms with van der Waals surface area (Å²) < 4.78 is 5.76. The molecular formula is C18H18N4O4. The van der Waals surface area contributed by atoms with Crippen LogP contribution in [0.3, 0.4) is 0 Å². The van der Waals surface area contributed by atoms with Crippen LogP contribution in [0.2, 0.25) is 0 Å². The van der Waals surface area contributed by atoms with Crippen molar-refractivity contribution in [1.29, 1.82) is 0 Å². The van der Waals surface area contributed by atoms with Gasteiger partial charge in [0.15, 0.2) is 0 Å². The number of hydrogen-bond acceptors (Lipinski definition) is 6. The number of piperidine rings is 1. The Morgan fingerprint density at radius 2 is 1.96 bits per heavy atom. The number of aromatic nitrogens is 2. The molecule has 0 unspecified atom stereocenters. The molecule has 0 atom stereocenters. The number of nitro groups is 1. The first-order chi connectivity index (χ1) is 12.6. The second kappa shape index (κ2) is 8.19. The van der Waals surface area contributed by atoms with E-state index in [2.05, 4.69) is 9.97 Å². The third-order valence-corrected chi connectivity index (χ3v) is 4.10. The molecule has 0 saturated carbocycles. The summed E-state index contributed by atoms with van der Waals surface area (Å²) in [5, 5.41) is 10.6. The maximum Gasteiger partial charge on any atom is 0.269 e. The van der Waals surface area contributed by atoms with Crippen LogP contribution in [0.5, 0.6) is 5.88 Å². The summed E-state index contributed by atoms with van der Waals surface area (Å²) in [6.07, 6.45) is 9.38. The number of nitro benzene ring substituents is 1. The fourth-order valence-corrected chi connectivity index (χ4v) is 2.69. The fourth-order valence-electron chi connectivity index (χ4n) is 2.69. The van der Waals surface area contributed by atoms with Crippen molar-refractivity contribution in [2.45, 2.75) is 18.9 Å². The Bertz CT molecular complexity index is 785. The van der Waals surface area contributed by atoms with E-state index in [1.54, 1.807) is 41.7 Å². The number of ether oxygens (including phenoxy) is 1.